The van der Waals surface area contributed by atoms with E-state index in [2.05, 4.69) is 10.3 Å². The molecule has 28 heavy (non-hydrogen) atoms. The number of nitrogens with zero attached hydrogens (tertiary/aromatic N) is 1. The van der Waals surface area contributed by atoms with Gasteiger partial charge in [0, 0.05) is 23.2 Å². The van der Waals surface area contributed by atoms with Crippen LogP contribution in [0.3, 0.4) is 0 Å². The van der Waals surface area contributed by atoms with Crippen LogP contribution in [0.4, 0.5) is 9.18 Å². The van der Waals surface area contributed by atoms with Gasteiger partial charge in [-0.1, -0.05) is 23.7 Å². The molecule has 0 saturated heterocycles. The number of hydrogen-bond acceptors (Lipinski definition) is 5. The molecular weight excluding hydrogens is 387 g/mol. The predicted octanol–water partition coefficient (Wildman–Crippen LogP) is 4.40. The summed E-state index contributed by atoms with van der Waals surface area (Å²) in [5.41, 5.74) is 0.151. The number of aliphatic hydroxyl groups is 1. The monoisotopic (exact) mass is 410 g/mol. The number of halogens is 2. The first-order valence-electron chi connectivity index (χ1n) is 8.82. The Kier molecular flexibility index (Phi) is 7.60. The third kappa shape index (κ3) is 7.32. The maximum atomic E-state index is 13.8. The number of hydrogen-bond donors (Lipinski definition) is 2. The van der Waals surface area contributed by atoms with E-state index in [0.29, 0.717) is 16.3 Å². The van der Waals surface area contributed by atoms with E-state index >= 15 is 0 Å². The van der Waals surface area contributed by atoms with Gasteiger partial charge >= 0.3 is 6.09 Å². The van der Waals surface area contributed by atoms with Crippen LogP contribution in [0, 0.1) is 5.82 Å². The largest absolute Gasteiger partial charge is 0.473 e. The van der Waals surface area contributed by atoms with E-state index < -0.39 is 23.6 Å². The summed E-state index contributed by atoms with van der Waals surface area (Å²) in [6.07, 6.45) is -1.19. The van der Waals surface area contributed by atoms with Crippen molar-refractivity contribution in [2.75, 3.05) is 6.54 Å². The molecule has 152 valence electrons. The molecule has 8 heteroatoms. The van der Waals surface area contributed by atoms with Gasteiger partial charge in [0.25, 0.3) is 0 Å². The maximum Gasteiger partial charge on any atom is 0.407 e. The Morgan fingerprint density at radius 1 is 1.32 bits per heavy atom. The molecule has 2 aromatic rings. The van der Waals surface area contributed by atoms with Crippen LogP contribution >= 0.6 is 11.6 Å². The topological polar surface area (TPSA) is 80.7 Å². The molecule has 2 rings (SSSR count). The molecule has 0 radical (unpaired) electrons. The molecule has 0 spiro atoms. The Bertz CT molecular complexity index is 811. The lowest BCUT2D eigenvalue weighted by Gasteiger charge is -2.20. The van der Waals surface area contributed by atoms with Crippen LogP contribution in [0.5, 0.6) is 5.88 Å². The van der Waals surface area contributed by atoms with Crippen LogP contribution < -0.4 is 10.1 Å². The zero-order valence-corrected chi connectivity index (χ0v) is 16.8. The summed E-state index contributed by atoms with van der Waals surface area (Å²) in [6.45, 7) is 5.51. The molecule has 0 fully saturated rings. The molecular formula is C20H24ClFN2O4. The molecule has 1 aromatic heterocycles. The van der Waals surface area contributed by atoms with Crippen molar-refractivity contribution in [1.29, 1.82) is 0 Å². The molecule has 0 saturated carbocycles. The van der Waals surface area contributed by atoms with Gasteiger partial charge in [-0.3, -0.25) is 0 Å². The molecule has 1 atom stereocenters. The van der Waals surface area contributed by atoms with E-state index in [0.717, 1.165) is 0 Å². The van der Waals surface area contributed by atoms with Crippen molar-refractivity contribution < 1.29 is 23.8 Å². The fourth-order valence-corrected chi connectivity index (χ4v) is 2.42. The second-order valence-electron chi connectivity index (χ2n) is 7.16. The van der Waals surface area contributed by atoms with E-state index in [1.54, 1.807) is 51.1 Å². The van der Waals surface area contributed by atoms with E-state index in [1.807, 2.05) is 0 Å². The molecule has 1 heterocycles. The number of ether oxygens (including phenoxy) is 2. The molecule has 1 unspecified atom stereocenters. The summed E-state index contributed by atoms with van der Waals surface area (Å²) < 4.78 is 24.4. The van der Waals surface area contributed by atoms with Crippen LogP contribution in [0.2, 0.25) is 5.02 Å². The molecule has 6 nitrogen and oxygen atoms in total. The van der Waals surface area contributed by atoms with Gasteiger partial charge in [0.15, 0.2) is 0 Å². The first-order valence-corrected chi connectivity index (χ1v) is 9.20. The predicted molar refractivity (Wildman–Crippen MR) is 104 cm³/mol. The average molecular weight is 411 g/mol. The summed E-state index contributed by atoms with van der Waals surface area (Å²) in [5, 5.41) is 13.2. The van der Waals surface area contributed by atoms with Gasteiger partial charge in [-0.05, 0) is 45.4 Å². The lowest BCUT2D eigenvalue weighted by molar-refractivity contribution is 0.0517. The highest BCUT2D eigenvalue weighted by Crippen LogP contribution is 2.20. The standard InChI is InChI=1S/C20H24ClFN2O4/c1-20(2,3)28-19(26)23-10-9-17(25)16-5-4-6-18(24-16)27-12-13-7-8-14(21)11-15(13)22/h4-8,11,17,25H,9-10,12H2,1-3H3,(H,23,26). The summed E-state index contributed by atoms with van der Waals surface area (Å²) in [4.78, 5) is 15.8. The minimum atomic E-state index is -0.897. The summed E-state index contributed by atoms with van der Waals surface area (Å²) in [5.74, 6) is -0.206. The van der Waals surface area contributed by atoms with Crippen LogP contribution in [-0.2, 0) is 11.3 Å². The number of benzene rings is 1. The third-order valence-electron chi connectivity index (χ3n) is 3.56. The second kappa shape index (κ2) is 9.71. The van der Waals surface area contributed by atoms with Crippen molar-refractivity contribution in [3.8, 4) is 5.88 Å². The zero-order valence-electron chi connectivity index (χ0n) is 16.0. The van der Waals surface area contributed by atoms with Crippen LogP contribution in [0.1, 0.15) is 44.6 Å². The van der Waals surface area contributed by atoms with E-state index in [9.17, 15) is 14.3 Å². The summed E-state index contributed by atoms with van der Waals surface area (Å²) in [6, 6.07) is 9.27. The highest BCUT2D eigenvalue weighted by Gasteiger charge is 2.17. The maximum absolute atomic E-state index is 13.8. The van der Waals surface area contributed by atoms with Crippen molar-refractivity contribution in [2.24, 2.45) is 0 Å². The molecule has 2 N–H and O–H groups in total. The number of alkyl carbamates (subject to hydrolysis) is 1. The van der Waals surface area contributed by atoms with E-state index in [-0.39, 0.29) is 25.5 Å². The van der Waals surface area contributed by atoms with Gasteiger partial charge < -0.3 is 19.9 Å². The lowest BCUT2D eigenvalue weighted by Crippen LogP contribution is -2.33. The van der Waals surface area contributed by atoms with Gasteiger partial charge in [-0.25, -0.2) is 14.2 Å². The zero-order chi connectivity index (χ0) is 20.7. The highest BCUT2D eigenvalue weighted by atomic mass is 35.5. The fraction of sp³-hybridized carbons (Fsp3) is 0.400. The van der Waals surface area contributed by atoms with E-state index in [4.69, 9.17) is 21.1 Å². The smallest absolute Gasteiger partial charge is 0.407 e. The Morgan fingerprint density at radius 3 is 2.75 bits per heavy atom. The fourth-order valence-electron chi connectivity index (χ4n) is 2.26. The minimum Gasteiger partial charge on any atom is -0.473 e. The van der Waals surface area contributed by atoms with Crippen molar-refractivity contribution in [2.45, 2.75) is 45.5 Å². The van der Waals surface area contributed by atoms with Crippen LogP contribution in [0.25, 0.3) is 0 Å². The van der Waals surface area contributed by atoms with Crippen molar-refractivity contribution in [1.82, 2.24) is 10.3 Å². The molecule has 0 bridgehead atoms. The van der Waals surface area contributed by atoms with Crippen molar-refractivity contribution in [3.05, 3.63) is 58.5 Å². The quantitative estimate of drug-likeness (QED) is 0.707. The first kappa shape index (κ1) is 21.9. The lowest BCUT2D eigenvalue weighted by atomic mass is 10.1. The number of carbonyl (C=O) groups excluding carboxylic acids is 1. The van der Waals surface area contributed by atoms with Gasteiger partial charge in [-0.15, -0.1) is 0 Å². The Balaban J connectivity index is 1.86. The van der Waals surface area contributed by atoms with Crippen LogP contribution in [0.15, 0.2) is 36.4 Å². The summed E-state index contributed by atoms with van der Waals surface area (Å²) >= 11 is 5.73. The third-order valence-corrected chi connectivity index (χ3v) is 3.80. The molecule has 0 aliphatic heterocycles. The summed E-state index contributed by atoms with van der Waals surface area (Å²) in [7, 11) is 0. The van der Waals surface area contributed by atoms with Gasteiger partial charge in [-0.2, -0.15) is 0 Å². The van der Waals surface area contributed by atoms with Gasteiger partial charge in [0.2, 0.25) is 5.88 Å². The van der Waals surface area contributed by atoms with Crippen LogP contribution in [-0.4, -0.2) is 28.3 Å². The highest BCUT2D eigenvalue weighted by molar-refractivity contribution is 6.30. The van der Waals surface area contributed by atoms with E-state index in [1.165, 1.54) is 6.07 Å². The average Bonchev–Trinajstić information content (AvgIpc) is 2.59. The Labute approximate surface area is 168 Å². The number of pyridine rings is 1. The molecule has 1 amide bonds. The molecule has 1 aromatic carbocycles. The van der Waals surface area contributed by atoms with Gasteiger partial charge in [0.05, 0.1) is 11.8 Å². The SMILES string of the molecule is CC(C)(C)OC(=O)NCCC(O)c1cccc(OCc2ccc(Cl)cc2F)n1. The second-order valence-corrected chi connectivity index (χ2v) is 7.59. The Morgan fingerprint density at radius 2 is 2.07 bits per heavy atom. The van der Waals surface area contributed by atoms with Crippen molar-refractivity contribution in [3.63, 3.8) is 0 Å². The number of carbonyl (C=O) groups is 1. The number of aromatic nitrogens is 1. The number of aliphatic hydroxyl groups excluding tert-OH is 1. The first-order chi connectivity index (χ1) is 13.1. The normalized spacial score (nSPS) is 12.4. The Hall–Kier alpha value is -2.38. The van der Waals surface area contributed by atoms with Gasteiger partial charge in [0.1, 0.15) is 18.0 Å². The van der Waals surface area contributed by atoms with Crippen molar-refractivity contribution >= 4 is 17.7 Å². The number of amides is 1. The molecule has 0 aliphatic rings. The number of nitrogens with one attached hydrogen (secondary N) is 1. The minimum absolute atomic E-state index is 0.0181. The number of rotatable bonds is 7. The molecule has 0 aliphatic carbocycles.